The third-order valence-corrected chi connectivity index (χ3v) is 6.67. The molecular weight excluding hydrogens is 410 g/mol. The van der Waals surface area contributed by atoms with E-state index in [1.165, 1.54) is 4.88 Å². The van der Waals surface area contributed by atoms with E-state index in [-0.39, 0.29) is 18.4 Å². The van der Waals surface area contributed by atoms with E-state index in [1.54, 1.807) is 27.1 Å². The zero-order valence-corrected chi connectivity index (χ0v) is 18.7. The van der Waals surface area contributed by atoms with Gasteiger partial charge >= 0.3 is 0 Å². The van der Waals surface area contributed by atoms with Gasteiger partial charge in [-0.3, -0.25) is 9.59 Å². The van der Waals surface area contributed by atoms with Crippen LogP contribution < -0.4 is 5.32 Å². The van der Waals surface area contributed by atoms with Gasteiger partial charge in [0, 0.05) is 30.7 Å². The average molecular weight is 438 g/mol. The molecule has 0 spiro atoms. The topological polar surface area (TPSA) is 80.1 Å². The molecule has 3 heterocycles. The normalized spacial score (nSPS) is 18.3. The van der Waals surface area contributed by atoms with E-state index in [0.717, 1.165) is 16.8 Å². The van der Waals surface area contributed by atoms with Gasteiger partial charge in [0.05, 0.1) is 11.1 Å². The summed E-state index contributed by atoms with van der Waals surface area (Å²) in [6.45, 7) is 5.45. The molecular formula is C23H27N5O2S. The van der Waals surface area contributed by atoms with Gasteiger partial charge in [0.2, 0.25) is 11.8 Å². The number of nitrogens with zero attached hydrogens (tertiary/aromatic N) is 4. The van der Waals surface area contributed by atoms with Crippen LogP contribution in [0.4, 0.5) is 0 Å². The molecule has 162 valence electrons. The van der Waals surface area contributed by atoms with Crippen LogP contribution in [0.25, 0.3) is 10.4 Å². The molecule has 2 aromatic heterocycles. The minimum Gasteiger partial charge on any atom is -0.356 e. The first-order valence-electron chi connectivity index (χ1n) is 10.5. The van der Waals surface area contributed by atoms with Crippen molar-refractivity contribution in [2.45, 2.75) is 33.2 Å². The first-order chi connectivity index (χ1) is 15.0. The SMILES string of the molecule is CCNC(=O)[C@]1(Cc2cccc(-c3cccs3)c2)CCN(C(=O)Cn2cc(C)nn2)C1. The summed E-state index contributed by atoms with van der Waals surface area (Å²) in [5.41, 5.74) is 2.42. The van der Waals surface area contributed by atoms with Gasteiger partial charge in [-0.1, -0.05) is 35.5 Å². The van der Waals surface area contributed by atoms with Crippen molar-refractivity contribution in [3.63, 3.8) is 0 Å². The van der Waals surface area contributed by atoms with E-state index in [4.69, 9.17) is 0 Å². The Bertz CT molecular complexity index is 1060. The second kappa shape index (κ2) is 9.01. The maximum atomic E-state index is 13.1. The molecule has 4 rings (SSSR count). The Morgan fingerprint density at radius 3 is 2.84 bits per heavy atom. The fourth-order valence-corrected chi connectivity index (χ4v) is 4.95. The van der Waals surface area contributed by atoms with Gasteiger partial charge in [-0.2, -0.15) is 0 Å². The van der Waals surface area contributed by atoms with Crippen LogP contribution in [0.2, 0.25) is 0 Å². The predicted molar refractivity (Wildman–Crippen MR) is 121 cm³/mol. The monoisotopic (exact) mass is 437 g/mol. The largest absolute Gasteiger partial charge is 0.356 e. The summed E-state index contributed by atoms with van der Waals surface area (Å²) in [5, 5.41) is 13.0. The number of hydrogen-bond donors (Lipinski definition) is 1. The molecule has 1 fully saturated rings. The molecule has 2 amide bonds. The van der Waals surface area contributed by atoms with Crippen LogP contribution in [-0.4, -0.2) is 51.3 Å². The van der Waals surface area contributed by atoms with Gasteiger partial charge in [-0.05, 0) is 49.3 Å². The van der Waals surface area contributed by atoms with E-state index in [2.05, 4.69) is 45.3 Å². The summed E-state index contributed by atoms with van der Waals surface area (Å²) >= 11 is 1.70. The van der Waals surface area contributed by atoms with Crippen molar-refractivity contribution in [3.05, 3.63) is 59.2 Å². The number of aryl methyl sites for hydroxylation is 1. The second-order valence-electron chi connectivity index (χ2n) is 8.12. The zero-order chi connectivity index (χ0) is 21.8. The molecule has 0 radical (unpaired) electrons. The van der Waals surface area contributed by atoms with Crippen LogP contribution in [0.15, 0.2) is 48.0 Å². The summed E-state index contributed by atoms with van der Waals surface area (Å²) in [6, 6.07) is 12.5. The number of likely N-dealkylation sites (tertiary alicyclic amines) is 1. The Kier molecular flexibility index (Phi) is 6.18. The number of benzene rings is 1. The van der Waals surface area contributed by atoms with Crippen LogP contribution in [0.1, 0.15) is 24.6 Å². The first kappa shape index (κ1) is 21.2. The Morgan fingerprint density at radius 2 is 2.13 bits per heavy atom. The Labute approximate surface area is 186 Å². The molecule has 0 unspecified atom stereocenters. The lowest BCUT2D eigenvalue weighted by Gasteiger charge is -2.28. The minimum absolute atomic E-state index is 0.0171. The third-order valence-electron chi connectivity index (χ3n) is 5.75. The van der Waals surface area contributed by atoms with Crippen molar-refractivity contribution in [2.75, 3.05) is 19.6 Å². The van der Waals surface area contributed by atoms with E-state index in [0.29, 0.717) is 32.5 Å². The molecule has 3 aromatic rings. The Balaban J connectivity index is 1.53. The molecule has 1 N–H and O–H groups in total. The molecule has 7 nitrogen and oxygen atoms in total. The van der Waals surface area contributed by atoms with Crippen molar-refractivity contribution in [1.29, 1.82) is 0 Å². The summed E-state index contributed by atoms with van der Waals surface area (Å²) in [4.78, 5) is 29.0. The Morgan fingerprint density at radius 1 is 1.26 bits per heavy atom. The van der Waals surface area contributed by atoms with Crippen LogP contribution in [0, 0.1) is 12.3 Å². The van der Waals surface area contributed by atoms with Crippen LogP contribution in [-0.2, 0) is 22.6 Å². The summed E-state index contributed by atoms with van der Waals surface area (Å²) in [7, 11) is 0. The number of carbonyl (C=O) groups is 2. The molecule has 1 saturated heterocycles. The number of amides is 2. The highest BCUT2D eigenvalue weighted by atomic mass is 32.1. The van der Waals surface area contributed by atoms with E-state index in [1.807, 2.05) is 26.0 Å². The standard InChI is InChI=1S/C23H27N5O2S/c1-3-24-22(30)23(13-18-6-4-7-19(12-18)20-8-5-11-31-20)9-10-27(16-23)21(29)15-28-14-17(2)25-26-28/h4-8,11-12,14H,3,9-10,13,15-16H2,1-2H3,(H,24,30)/t23-/m0/s1. The smallest absolute Gasteiger partial charge is 0.244 e. The van der Waals surface area contributed by atoms with E-state index >= 15 is 0 Å². The predicted octanol–water partition coefficient (Wildman–Crippen LogP) is 2.91. The van der Waals surface area contributed by atoms with Gasteiger partial charge < -0.3 is 10.2 Å². The van der Waals surface area contributed by atoms with E-state index < -0.39 is 5.41 Å². The van der Waals surface area contributed by atoms with Gasteiger partial charge in [-0.25, -0.2) is 4.68 Å². The summed E-state index contributed by atoms with van der Waals surface area (Å²) < 4.78 is 1.55. The summed E-state index contributed by atoms with van der Waals surface area (Å²) in [5.74, 6) is -0.0214. The van der Waals surface area contributed by atoms with Crippen LogP contribution in [0.5, 0.6) is 0 Å². The van der Waals surface area contributed by atoms with Crippen molar-refractivity contribution < 1.29 is 9.59 Å². The fraction of sp³-hybridized carbons (Fsp3) is 0.391. The molecule has 8 heteroatoms. The molecule has 31 heavy (non-hydrogen) atoms. The van der Waals surface area contributed by atoms with Crippen LogP contribution in [0.3, 0.4) is 0 Å². The number of aromatic nitrogens is 3. The van der Waals surface area contributed by atoms with Gasteiger partial charge in [0.25, 0.3) is 0 Å². The van der Waals surface area contributed by atoms with E-state index in [9.17, 15) is 9.59 Å². The van der Waals surface area contributed by atoms with Gasteiger partial charge in [0.15, 0.2) is 0 Å². The van der Waals surface area contributed by atoms with Crippen LogP contribution >= 0.6 is 11.3 Å². The number of carbonyl (C=O) groups excluding carboxylic acids is 2. The van der Waals surface area contributed by atoms with Crippen molar-refractivity contribution in [3.8, 4) is 10.4 Å². The number of thiophene rings is 1. The number of rotatable bonds is 7. The molecule has 0 bridgehead atoms. The number of nitrogens with one attached hydrogen (secondary N) is 1. The van der Waals surface area contributed by atoms with Gasteiger partial charge in [0.1, 0.15) is 6.54 Å². The average Bonchev–Trinajstić information content (AvgIpc) is 3.50. The molecule has 1 aromatic carbocycles. The highest BCUT2D eigenvalue weighted by Gasteiger charge is 2.45. The maximum Gasteiger partial charge on any atom is 0.244 e. The lowest BCUT2D eigenvalue weighted by molar-refractivity contribution is -0.133. The fourth-order valence-electron chi connectivity index (χ4n) is 4.22. The zero-order valence-electron chi connectivity index (χ0n) is 17.9. The third kappa shape index (κ3) is 4.69. The lowest BCUT2D eigenvalue weighted by atomic mass is 9.79. The Hall–Kier alpha value is -3.00. The molecule has 1 aliphatic heterocycles. The van der Waals surface area contributed by atoms with Crippen molar-refractivity contribution in [2.24, 2.45) is 5.41 Å². The lowest BCUT2D eigenvalue weighted by Crippen LogP contribution is -2.45. The van der Waals surface area contributed by atoms with Gasteiger partial charge in [-0.15, -0.1) is 16.4 Å². The second-order valence-corrected chi connectivity index (χ2v) is 9.06. The molecule has 1 aliphatic rings. The number of hydrogen-bond acceptors (Lipinski definition) is 5. The quantitative estimate of drug-likeness (QED) is 0.616. The van der Waals surface area contributed by atoms with Crippen molar-refractivity contribution >= 4 is 23.2 Å². The highest BCUT2D eigenvalue weighted by Crippen LogP contribution is 2.36. The molecule has 0 aliphatic carbocycles. The highest BCUT2D eigenvalue weighted by molar-refractivity contribution is 7.13. The minimum atomic E-state index is -0.627. The first-order valence-corrected chi connectivity index (χ1v) is 11.4. The molecule has 0 saturated carbocycles. The summed E-state index contributed by atoms with van der Waals surface area (Å²) in [6.07, 6.45) is 3.00. The maximum absolute atomic E-state index is 13.1. The molecule has 1 atom stereocenters. The van der Waals surface area contributed by atoms with Crippen molar-refractivity contribution in [1.82, 2.24) is 25.2 Å².